The molecule has 0 saturated carbocycles. The molecule has 0 bridgehead atoms. The summed E-state index contributed by atoms with van der Waals surface area (Å²) in [5.41, 5.74) is 6.94. The van der Waals surface area contributed by atoms with Crippen molar-refractivity contribution in [3.8, 4) is 11.5 Å². The highest BCUT2D eigenvalue weighted by atomic mass is 16.5. The number of ether oxygens (including phenoxy) is 2. The highest BCUT2D eigenvalue weighted by Crippen LogP contribution is 2.27. The number of nitrogens with two attached hydrogens (primary N) is 1. The first-order valence-electron chi connectivity index (χ1n) is 6.21. The lowest BCUT2D eigenvalue weighted by Crippen LogP contribution is -2.19. The Labute approximate surface area is 113 Å². The number of benzene rings is 1. The molecule has 100 valence electrons. The van der Waals surface area contributed by atoms with Gasteiger partial charge in [-0.2, -0.15) is 0 Å². The molecule has 2 rings (SSSR count). The molecule has 0 spiro atoms. The maximum absolute atomic E-state index is 5.81. The van der Waals surface area contributed by atoms with E-state index in [4.69, 9.17) is 15.2 Å². The van der Waals surface area contributed by atoms with Crippen molar-refractivity contribution in [1.29, 1.82) is 0 Å². The maximum Gasteiger partial charge on any atom is 0.161 e. The minimum atomic E-state index is 0.146. The normalized spacial score (nSPS) is 11.9. The van der Waals surface area contributed by atoms with Crippen molar-refractivity contribution in [2.45, 2.75) is 5.92 Å². The molecule has 1 aromatic heterocycles. The van der Waals surface area contributed by atoms with Crippen LogP contribution in [0.4, 0.5) is 0 Å². The van der Waals surface area contributed by atoms with E-state index in [1.807, 2.05) is 36.4 Å². The van der Waals surface area contributed by atoms with Crippen LogP contribution in [0.5, 0.6) is 11.5 Å². The van der Waals surface area contributed by atoms with E-state index in [1.165, 1.54) is 0 Å². The Kier molecular flexibility index (Phi) is 4.75. The summed E-state index contributed by atoms with van der Waals surface area (Å²) < 4.78 is 11.1. The predicted molar refractivity (Wildman–Crippen MR) is 74.5 cm³/mol. The molecule has 1 aromatic carbocycles. The fourth-order valence-electron chi connectivity index (χ4n) is 1.86. The fourth-order valence-corrected chi connectivity index (χ4v) is 1.86. The van der Waals surface area contributed by atoms with Crippen LogP contribution in [0.15, 0.2) is 48.8 Å². The van der Waals surface area contributed by atoms with Gasteiger partial charge in [0.15, 0.2) is 11.5 Å². The van der Waals surface area contributed by atoms with Gasteiger partial charge in [-0.25, -0.2) is 0 Å². The number of hydrogen-bond donors (Lipinski definition) is 1. The molecule has 2 aromatic rings. The van der Waals surface area contributed by atoms with Crippen LogP contribution in [0.25, 0.3) is 0 Å². The lowest BCUT2D eigenvalue weighted by Gasteiger charge is -2.17. The number of rotatable bonds is 6. The second-order valence-electron chi connectivity index (χ2n) is 4.18. The van der Waals surface area contributed by atoms with Gasteiger partial charge in [-0.3, -0.25) is 4.98 Å². The summed E-state index contributed by atoms with van der Waals surface area (Å²) in [5, 5.41) is 0. The number of nitrogens with zero attached hydrogens (tertiary/aromatic N) is 1. The van der Waals surface area contributed by atoms with E-state index in [0.29, 0.717) is 13.2 Å². The molecule has 0 aliphatic rings. The number of aromatic nitrogens is 1. The number of hydrogen-bond acceptors (Lipinski definition) is 4. The van der Waals surface area contributed by atoms with E-state index in [-0.39, 0.29) is 5.92 Å². The highest BCUT2D eigenvalue weighted by molar-refractivity contribution is 5.39. The zero-order valence-corrected chi connectivity index (χ0v) is 11.0. The van der Waals surface area contributed by atoms with Crippen LogP contribution in [-0.4, -0.2) is 25.2 Å². The van der Waals surface area contributed by atoms with Crippen molar-refractivity contribution in [3.05, 3.63) is 54.4 Å². The van der Waals surface area contributed by atoms with Gasteiger partial charge in [-0.15, -0.1) is 0 Å². The summed E-state index contributed by atoms with van der Waals surface area (Å²) in [6.07, 6.45) is 3.53. The predicted octanol–water partition coefficient (Wildman–Crippen LogP) is 2.21. The number of para-hydroxylation sites is 2. The highest BCUT2D eigenvalue weighted by Gasteiger charge is 2.11. The van der Waals surface area contributed by atoms with E-state index < -0.39 is 0 Å². The van der Waals surface area contributed by atoms with E-state index in [2.05, 4.69) is 4.98 Å². The Hall–Kier alpha value is -2.07. The van der Waals surface area contributed by atoms with E-state index >= 15 is 0 Å². The van der Waals surface area contributed by atoms with Crippen LogP contribution >= 0.6 is 0 Å². The molecular weight excluding hydrogens is 240 g/mol. The molecule has 0 aliphatic carbocycles. The lowest BCUT2D eigenvalue weighted by molar-refractivity contribution is 0.273. The van der Waals surface area contributed by atoms with Crippen LogP contribution in [0.3, 0.4) is 0 Å². The largest absolute Gasteiger partial charge is 0.493 e. The minimum Gasteiger partial charge on any atom is -0.493 e. The summed E-state index contributed by atoms with van der Waals surface area (Å²) in [7, 11) is 1.63. The molecular formula is C15H18N2O2. The van der Waals surface area contributed by atoms with Crippen molar-refractivity contribution in [1.82, 2.24) is 4.98 Å². The van der Waals surface area contributed by atoms with Crippen LogP contribution in [0.2, 0.25) is 0 Å². The smallest absolute Gasteiger partial charge is 0.161 e. The van der Waals surface area contributed by atoms with Gasteiger partial charge in [-0.1, -0.05) is 12.1 Å². The number of methoxy groups -OCH3 is 1. The molecule has 4 nitrogen and oxygen atoms in total. The van der Waals surface area contributed by atoms with Gasteiger partial charge in [0.05, 0.1) is 13.7 Å². The first-order chi connectivity index (χ1) is 9.35. The molecule has 0 aliphatic heterocycles. The third-order valence-corrected chi connectivity index (χ3v) is 2.97. The summed E-state index contributed by atoms with van der Waals surface area (Å²) in [6.45, 7) is 1.04. The molecule has 4 heteroatoms. The van der Waals surface area contributed by atoms with Gasteiger partial charge in [0, 0.05) is 24.9 Å². The summed E-state index contributed by atoms with van der Waals surface area (Å²) in [5.74, 6) is 1.61. The van der Waals surface area contributed by atoms with Crippen LogP contribution in [0.1, 0.15) is 11.5 Å². The zero-order valence-electron chi connectivity index (χ0n) is 11.0. The maximum atomic E-state index is 5.81. The first kappa shape index (κ1) is 13.4. The van der Waals surface area contributed by atoms with Gasteiger partial charge >= 0.3 is 0 Å². The lowest BCUT2D eigenvalue weighted by atomic mass is 10.0. The van der Waals surface area contributed by atoms with Gasteiger partial charge < -0.3 is 15.2 Å². The fraction of sp³-hybridized carbons (Fsp3) is 0.267. The minimum absolute atomic E-state index is 0.146. The van der Waals surface area contributed by atoms with Crippen LogP contribution < -0.4 is 15.2 Å². The second kappa shape index (κ2) is 6.75. The Morgan fingerprint density at radius 1 is 1.11 bits per heavy atom. The molecule has 1 heterocycles. The van der Waals surface area contributed by atoms with E-state index in [1.54, 1.807) is 19.5 Å². The van der Waals surface area contributed by atoms with Gasteiger partial charge in [-0.05, 0) is 29.8 Å². The topological polar surface area (TPSA) is 57.4 Å². The van der Waals surface area contributed by atoms with Crippen LogP contribution in [0, 0.1) is 0 Å². The Morgan fingerprint density at radius 2 is 1.79 bits per heavy atom. The Morgan fingerprint density at radius 3 is 2.42 bits per heavy atom. The molecule has 19 heavy (non-hydrogen) atoms. The first-order valence-corrected chi connectivity index (χ1v) is 6.21. The van der Waals surface area contributed by atoms with Gasteiger partial charge in [0.25, 0.3) is 0 Å². The monoisotopic (exact) mass is 258 g/mol. The SMILES string of the molecule is COc1ccccc1OCC(CN)c1ccncc1. The second-order valence-corrected chi connectivity index (χ2v) is 4.18. The third kappa shape index (κ3) is 3.45. The van der Waals surface area contributed by atoms with Crippen LogP contribution in [-0.2, 0) is 0 Å². The molecule has 0 radical (unpaired) electrons. The van der Waals surface area contributed by atoms with Crippen molar-refractivity contribution >= 4 is 0 Å². The third-order valence-electron chi connectivity index (χ3n) is 2.97. The standard InChI is InChI=1S/C15H18N2O2/c1-18-14-4-2-3-5-15(14)19-11-13(10-16)12-6-8-17-9-7-12/h2-9,13H,10-11,16H2,1H3. The van der Waals surface area contributed by atoms with E-state index in [0.717, 1.165) is 17.1 Å². The molecule has 2 N–H and O–H groups in total. The Bertz CT molecular complexity index is 503. The average molecular weight is 258 g/mol. The zero-order chi connectivity index (χ0) is 13.5. The van der Waals surface area contributed by atoms with E-state index in [9.17, 15) is 0 Å². The molecule has 0 fully saturated rings. The van der Waals surface area contributed by atoms with Crippen molar-refractivity contribution in [3.63, 3.8) is 0 Å². The number of pyridine rings is 1. The summed E-state index contributed by atoms with van der Waals surface area (Å²) >= 11 is 0. The quantitative estimate of drug-likeness (QED) is 0.863. The summed E-state index contributed by atoms with van der Waals surface area (Å²) in [6, 6.07) is 11.5. The molecule has 0 amide bonds. The molecule has 1 unspecified atom stereocenters. The average Bonchev–Trinajstić information content (AvgIpc) is 2.49. The van der Waals surface area contributed by atoms with Crippen molar-refractivity contribution < 1.29 is 9.47 Å². The van der Waals surface area contributed by atoms with Crippen molar-refractivity contribution in [2.24, 2.45) is 5.73 Å². The van der Waals surface area contributed by atoms with Gasteiger partial charge in [0.1, 0.15) is 0 Å². The van der Waals surface area contributed by atoms with Gasteiger partial charge in [0.2, 0.25) is 0 Å². The Balaban J connectivity index is 2.04. The molecule has 1 atom stereocenters. The van der Waals surface area contributed by atoms with Crippen molar-refractivity contribution in [2.75, 3.05) is 20.3 Å². The summed E-state index contributed by atoms with van der Waals surface area (Å²) in [4.78, 5) is 4.01. The molecule has 0 saturated heterocycles.